The van der Waals surface area contributed by atoms with Crippen molar-refractivity contribution >= 4 is 11.7 Å². The lowest BCUT2D eigenvalue weighted by Crippen LogP contribution is -2.07. The van der Waals surface area contributed by atoms with Gasteiger partial charge in [0.05, 0.1) is 18.4 Å². The SMILES string of the molecule is COC(=O)c1cc(F)c(C)c(O)c1N. The topological polar surface area (TPSA) is 72.5 Å². The molecule has 0 aromatic heterocycles. The summed E-state index contributed by atoms with van der Waals surface area (Å²) in [6.07, 6.45) is 0. The lowest BCUT2D eigenvalue weighted by molar-refractivity contribution is 0.0601. The fourth-order valence-corrected chi connectivity index (χ4v) is 1.03. The number of phenols is 1. The van der Waals surface area contributed by atoms with Gasteiger partial charge < -0.3 is 15.6 Å². The highest BCUT2D eigenvalue weighted by molar-refractivity contribution is 5.96. The van der Waals surface area contributed by atoms with Gasteiger partial charge in [0.1, 0.15) is 11.6 Å². The lowest BCUT2D eigenvalue weighted by Gasteiger charge is -2.08. The average molecular weight is 199 g/mol. The quantitative estimate of drug-likeness (QED) is 0.405. The Kier molecular flexibility index (Phi) is 2.60. The van der Waals surface area contributed by atoms with Gasteiger partial charge in [0.15, 0.2) is 0 Å². The third-order valence-corrected chi connectivity index (χ3v) is 1.94. The van der Waals surface area contributed by atoms with E-state index < -0.39 is 17.5 Å². The van der Waals surface area contributed by atoms with Crippen LogP contribution in [0.1, 0.15) is 15.9 Å². The third kappa shape index (κ3) is 1.48. The molecule has 14 heavy (non-hydrogen) atoms. The van der Waals surface area contributed by atoms with Crippen LogP contribution in [0.4, 0.5) is 10.1 Å². The first kappa shape index (κ1) is 10.3. The number of anilines is 1. The molecule has 0 aliphatic carbocycles. The van der Waals surface area contributed by atoms with E-state index in [-0.39, 0.29) is 16.8 Å². The van der Waals surface area contributed by atoms with Gasteiger partial charge in [-0.2, -0.15) is 0 Å². The van der Waals surface area contributed by atoms with Crippen molar-refractivity contribution in [3.63, 3.8) is 0 Å². The highest BCUT2D eigenvalue weighted by Crippen LogP contribution is 2.30. The minimum absolute atomic E-state index is 0.00940. The van der Waals surface area contributed by atoms with Crippen molar-refractivity contribution in [3.05, 3.63) is 23.0 Å². The fraction of sp³-hybridized carbons (Fsp3) is 0.222. The highest BCUT2D eigenvalue weighted by Gasteiger charge is 2.17. The smallest absolute Gasteiger partial charge is 0.340 e. The van der Waals surface area contributed by atoms with Gasteiger partial charge in [0, 0.05) is 5.56 Å². The minimum Gasteiger partial charge on any atom is -0.505 e. The van der Waals surface area contributed by atoms with Gasteiger partial charge in [-0.25, -0.2) is 9.18 Å². The van der Waals surface area contributed by atoms with E-state index in [1.165, 1.54) is 6.92 Å². The minimum atomic E-state index is -0.781. The molecule has 1 aromatic carbocycles. The maximum absolute atomic E-state index is 13.1. The Bertz CT molecular complexity index is 390. The lowest BCUT2D eigenvalue weighted by atomic mass is 10.1. The molecular weight excluding hydrogens is 189 g/mol. The maximum atomic E-state index is 13.1. The van der Waals surface area contributed by atoms with E-state index in [4.69, 9.17) is 5.73 Å². The summed E-state index contributed by atoms with van der Waals surface area (Å²) in [6, 6.07) is 0.941. The van der Waals surface area contributed by atoms with Crippen molar-refractivity contribution in [1.29, 1.82) is 0 Å². The Morgan fingerprint density at radius 1 is 1.64 bits per heavy atom. The van der Waals surface area contributed by atoms with Crippen LogP contribution in [-0.2, 0) is 4.74 Å². The molecule has 0 fully saturated rings. The molecule has 0 atom stereocenters. The van der Waals surface area contributed by atoms with Crippen LogP contribution in [0.5, 0.6) is 5.75 Å². The summed E-state index contributed by atoms with van der Waals surface area (Å²) in [4.78, 5) is 11.1. The van der Waals surface area contributed by atoms with Crippen LogP contribution in [0, 0.1) is 12.7 Å². The molecule has 0 amide bonds. The van der Waals surface area contributed by atoms with Gasteiger partial charge in [-0.05, 0) is 13.0 Å². The van der Waals surface area contributed by atoms with Crippen LogP contribution in [-0.4, -0.2) is 18.2 Å². The Labute approximate surface area is 80.1 Å². The monoisotopic (exact) mass is 199 g/mol. The van der Waals surface area contributed by atoms with E-state index in [2.05, 4.69) is 4.74 Å². The summed E-state index contributed by atoms with van der Waals surface area (Å²) in [5.74, 6) is -1.90. The van der Waals surface area contributed by atoms with E-state index in [0.717, 1.165) is 13.2 Å². The van der Waals surface area contributed by atoms with Crippen LogP contribution >= 0.6 is 0 Å². The molecule has 1 rings (SSSR count). The van der Waals surface area contributed by atoms with Gasteiger partial charge in [-0.3, -0.25) is 0 Å². The molecule has 3 N–H and O–H groups in total. The Hall–Kier alpha value is -1.78. The summed E-state index contributed by atoms with van der Waals surface area (Å²) in [5.41, 5.74) is 5.08. The zero-order valence-corrected chi connectivity index (χ0v) is 7.80. The molecule has 4 nitrogen and oxygen atoms in total. The van der Waals surface area contributed by atoms with Crippen LogP contribution in [0.3, 0.4) is 0 Å². The van der Waals surface area contributed by atoms with Crippen LogP contribution < -0.4 is 5.73 Å². The Morgan fingerprint density at radius 2 is 2.21 bits per heavy atom. The van der Waals surface area contributed by atoms with Crippen LogP contribution in [0.2, 0.25) is 0 Å². The number of phenolic OH excluding ortho intramolecular Hbond substituents is 1. The first-order valence-corrected chi connectivity index (χ1v) is 3.85. The van der Waals surface area contributed by atoms with Crippen molar-refractivity contribution in [2.75, 3.05) is 12.8 Å². The number of nitrogen functional groups attached to an aromatic ring is 1. The second-order valence-electron chi connectivity index (χ2n) is 2.78. The molecule has 0 radical (unpaired) electrons. The molecule has 0 spiro atoms. The number of carbonyl (C=O) groups is 1. The summed E-state index contributed by atoms with van der Waals surface area (Å²) >= 11 is 0. The third-order valence-electron chi connectivity index (χ3n) is 1.94. The van der Waals surface area contributed by atoms with Gasteiger partial charge in [-0.1, -0.05) is 0 Å². The first-order chi connectivity index (χ1) is 6.49. The molecular formula is C9H10FNO3. The number of hydrogen-bond acceptors (Lipinski definition) is 4. The first-order valence-electron chi connectivity index (χ1n) is 3.85. The molecule has 76 valence electrons. The highest BCUT2D eigenvalue weighted by atomic mass is 19.1. The number of nitrogens with two attached hydrogens (primary N) is 1. The van der Waals surface area contributed by atoms with Gasteiger partial charge in [-0.15, -0.1) is 0 Å². The van der Waals surface area contributed by atoms with Crippen molar-refractivity contribution < 1.29 is 19.0 Å². The molecule has 0 saturated carbocycles. The number of ether oxygens (including phenoxy) is 1. The largest absolute Gasteiger partial charge is 0.505 e. The zero-order chi connectivity index (χ0) is 10.9. The standard InChI is InChI=1S/C9H10FNO3/c1-4-6(10)3-5(9(13)14-2)7(11)8(4)12/h3,12H,11H2,1-2H3. The number of hydrogen-bond donors (Lipinski definition) is 2. The number of aromatic hydroxyl groups is 1. The molecule has 5 heteroatoms. The number of esters is 1. The number of carbonyl (C=O) groups excluding carboxylic acids is 1. The number of methoxy groups -OCH3 is 1. The second-order valence-corrected chi connectivity index (χ2v) is 2.78. The Balaban J connectivity index is 3.40. The average Bonchev–Trinajstić information content (AvgIpc) is 2.19. The second kappa shape index (κ2) is 3.53. The fourth-order valence-electron chi connectivity index (χ4n) is 1.03. The molecule has 0 bridgehead atoms. The van der Waals surface area contributed by atoms with E-state index in [9.17, 15) is 14.3 Å². The molecule has 1 aromatic rings. The number of benzene rings is 1. The summed E-state index contributed by atoms with van der Waals surface area (Å²) < 4.78 is 17.5. The normalized spacial score (nSPS) is 9.93. The predicted molar refractivity (Wildman–Crippen MR) is 48.6 cm³/mol. The number of halogens is 1. The van der Waals surface area contributed by atoms with E-state index in [0.29, 0.717) is 0 Å². The van der Waals surface area contributed by atoms with E-state index in [1.54, 1.807) is 0 Å². The molecule has 0 unspecified atom stereocenters. The summed E-state index contributed by atoms with van der Waals surface area (Å²) in [7, 11) is 1.15. The maximum Gasteiger partial charge on any atom is 0.340 e. The zero-order valence-electron chi connectivity index (χ0n) is 7.80. The Morgan fingerprint density at radius 3 is 2.71 bits per heavy atom. The van der Waals surface area contributed by atoms with Crippen molar-refractivity contribution in [1.82, 2.24) is 0 Å². The molecule has 0 heterocycles. The number of rotatable bonds is 1. The van der Waals surface area contributed by atoms with E-state index in [1.807, 2.05) is 0 Å². The molecule has 0 aliphatic heterocycles. The van der Waals surface area contributed by atoms with Crippen LogP contribution in [0.15, 0.2) is 6.07 Å². The summed E-state index contributed by atoms with van der Waals surface area (Å²) in [5, 5.41) is 9.34. The summed E-state index contributed by atoms with van der Waals surface area (Å²) in [6.45, 7) is 1.36. The van der Waals surface area contributed by atoms with Gasteiger partial charge in [0.2, 0.25) is 0 Å². The van der Waals surface area contributed by atoms with Crippen LogP contribution in [0.25, 0.3) is 0 Å². The van der Waals surface area contributed by atoms with Crippen molar-refractivity contribution in [3.8, 4) is 5.75 Å². The van der Waals surface area contributed by atoms with Crippen molar-refractivity contribution in [2.24, 2.45) is 0 Å². The van der Waals surface area contributed by atoms with Gasteiger partial charge >= 0.3 is 5.97 Å². The predicted octanol–water partition coefficient (Wildman–Crippen LogP) is 1.21. The van der Waals surface area contributed by atoms with Gasteiger partial charge in [0.25, 0.3) is 0 Å². The van der Waals surface area contributed by atoms with E-state index >= 15 is 0 Å². The molecule has 0 saturated heterocycles. The van der Waals surface area contributed by atoms with Crippen molar-refractivity contribution in [2.45, 2.75) is 6.92 Å². The molecule has 0 aliphatic rings.